The van der Waals surface area contributed by atoms with E-state index < -0.39 is 12.0 Å². The molecule has 0 bridgehead atoms. The van der Waals surface area contributed by atoms with Crippen molar-refractivity contribution in [1.82, 2.24) is 4.98 Å². The molecular formula is C10H6ClF2N3. The second-order valence-electron chi connectivity index (χ2n) is 2.91. The molecule has 0 saturated carbocycles. The van der Waals surface area contributed by atoms with Crippen molar-refractivity contribution < 1.29 is 8.78 Å². The minimum Gasteiger partial charge on any atom is -0.240 e. The zero-order valence-corrected chi connectivity index (χ0v) is 8.80. The molecule has 0 aliphatic heterocycles. The Morgan fingerprint density at radius 3 is 2.56 bits per heavy atom. The van der Waals surface area contributed by atoms with Gasteiger partial charge in [0, 0.05) is 0 Å². The first-order valence-corrected chi connectivity index (χ1v) is 4.81. The first kappa shape index (κ1) is 12.4. The average molecular weight is 242 g/mol. The summed E-state index contributed by atoms with van der Waals surface area (Å²) in [5.41, 5.74) is -0.162. The summed E-state index contributed by atoms with van der Waals surface area (Å²) in [5, 5.41) is 17.2. The highest BCUT2D eigenvalue weighted by Gasteiger charge is 2.17. The van der Waals surface area contributed by atoms with Gasteiger partial charge in [0.05, 0.1) is 29.6 Å². The lowest BCUT2D eigenvalue weighted by molar-refractivity contribution is 0.150. The number of rotatable bonds is 3. The molecular weight excluding hydrogens is 236 g/mol. The largest absolute Gasteiger partial charge is 0.266 e. The molecule has 0 radical (unpaired) electrons. The number of pyridine rings is 1. The van der Waals surface area contributed by atoms with E-state index in [1.165, 1.54) is 0 Å². The SMILES string of the molecule is N#CCc1cc(C(F)F)c(C#N)nc1CCl. The molecule has 0 fully saturated rings. The maximum absolute atomic E-state index is 12.6. The first-order valence-electron chi connectivity index (χ1n) is 4.27. The van der Waals surface area contributed by atoms with Crippen LogP contribution in [0.1, 0.15) is 28.9 Å². The summed E-state index contributed by atoms with van der Waals surface area (Å²) in [4.78, 5) is 3.73. The Bertz CT molecular complexity index is 474. The normalized spacial score (nSPS) is 9.88. The molecule has 1 aromatic heterocycles. The Kier molecular flexibility index (Phi) is 4.16. The van der Waals surface area contributed by atoms with E-state index in [0.29, 0.717) is 11.3 Å². The van der Waals surface area contributed by atoms with Gasteiger partial charge in [0.2, 0.25) is 0 Å². The Morgan fingerprint density at radius 1 is 1.44 bits per heavy atom. The third-order valence-corrected chi connectivity index (χ3v) is 2.21. The quantitative estimate of drug-likeness (QED) is 0.765. The summed E-state index contributed by atoms with van der Waals surface area (Å²) in [6.07, 6.45) is -2.84. The lowest BCUT2D eigenvalue weighted by atomic mass is 10.1. The number of nitrogens with zero attached hydrogens (tertiary/aromatic N) is 3. The molecule has 0 atom stereocenters. The van der Waals surface area contributed by atoms with Crippen molar-refractivity contribution in [2.24, 2.45) is 0 Å². The molecule has 0 amide bonds. The fourth-order valence-corrected chi connectivity index (χ4v) is 1.45. The Morgan fingerprint density at radius 2 is 2.12 bits per heavy atom. The van der Waals surface area contributed by atoms with Crippen LogP contribution >= 0.6 is 11.6 Å². The number of nitriles is 2. The second kappa shape index (κ2) is 5.39. The Hall–Kier alpha value is -1.72. The Balaban J connectivity index is 3.37. The zero-order chi connectivity index (χ0) is 12.1. The first-order chi connectivity index (χ1) is 7.63. The van der Waals surface area contributed by atoms with Gasteiger partial charge in [-0.05, 0) is 11.6 Å². The third kappa shape index (κ3) is 2.44. The standard InChI is InChI=1S/C10H6ClF2N3/c11-4-8-6(1-2-14)3-7(10(12)13)9(5-15)16-8/h3,10H,1,4H2. The highest BCUT2D eigenvalue weighted by atomic mass is 35.5. The molecule has 6 heteroatoms. The number of hydrogen-bond acceptors (Lipinski definition) is 3. The number of hydrogen-bond donors (Lipinski definition) is 0. The van der Waals surface area contributed by atoms with Gasteiger partial charge in [-0.3, -0.25) is 0 Å². The molecule has 16 heavy (non-hydrogen) atoms. The highest BCUT2D eigenvalue weighted by Crippen LogP contribution is 2.24. The molecule has 3 nitrogen and oxygen atoms in total. The van der Waals surface area contributed by atoms with Crippen LogP contribution in [-0.2, 0) is 12.3 Å². The van der Waals surface area contributed by atoms with Crippen molar-refractivity contribution in [3.05, 3.63) is 28.6 Å². The number of halogens is 3. The molecule has 1 heterocycles. The molecule has 0 aliphatic rings. The van der Waals surface area contributed by atoms with Crippen molar-refractivity contribution in [3.8, 4) is 12.1 Å². The molecule has 0 saturated heterocycles. The van der Waals surface area contributed by atoms with Gasteiger partial charge >= 0.3 is 0 Å². The van der Waals surface area contributed by atoms with E-state index >= 15 is 0 Å². The van der Waals surface area contributed by atoms with Crippen LogP contribution in [0.2, 0.25) is 0 Å². The fourth-order valence-electron chi connectivity index (χ4n) is 1.22. The van der Waals surface area contributed by atoms with Crippen molar-refractivity contribution in [2.75, 3.05) is 0 Å². The van der Waals surface area contributed by atoms with E-state index in [1.54, 1.807) is 6.07 Å². The summed E-state index contributed by atoms with van der Waals surface area (Å²) in [6, 6.07) is 4.55. The molecule has 82 valence electrons. The monoisotopic (exact) mass is 241 g/mol. The van der Waals surface area contributed by atoms with Crippen LogP contribution < -0.4 is 0 Å². The van der Waals surface area contributed by atoms with E-state index in [4.69, 9.17) is 22.1 Å². The van der Waals surface area contributed by atoms with Crippen LogP contribution in [0, 0.1) is 22.7 Å². The van der Waals surface area contributed by atoms with Crippen molar-refractivity contribution in [3.63, 3.8) is 0 Å². The fraction of sp³-hybridized carbons (Fsp3) is 0.300. The second-order valence-corrected chi connectivity index (χ2v) is 3.18. The molecule has 0 N–H and O–H groups in total. The topological polar surface area (TPSA) is 60.5 Å². The van der Waals surface area contributed by atoms with Gasteiger partial charge in [-0.25, -0.2) is 13.8 Å². The minimum atomic E-state index is -2.79. The predicted molar refractivity (Wildman–Crippen MR) is 52.8 cm³/mol. The molecule has 0 spiro atoms. The maximum Gasteiger partial charge on any atom is 0.266 e. The van der Waals surface area contributed by atoms with Crippen LogP contribution in [0.4, 0.5) is 8.78 Å². The Labute approximate surface area is 95.9 Å². The molecule has 1 aromatic rings. The van der Waals surface area contributed by atoms with Crippen LogP contribution in [0.3, 0.4) is 0 Å². The number of alkyl halides is 3. The lowest BCUT2D eigenvalue weighted by Crippen LogP contribution is -2.03. The molecule has 0 aromatic carbocycles. The van der Waals surface area contributed by atoms with Gasteiger partial charge in [-0.15, -0.1) is 11.6 Å². The van der Waals surface area contributed by atoms with Crippen LogP contribution in [0.15, 0.2) is 6.07 Å². The number of aromatic nitrogens is 1. The summed E-state index contributed by atoms with van der Waals surface area (Å²) in [6.45, 7) is 0. The van der Waals surface area contributed by atoms with E-state index in [2.05, 4.69) is 4.98 Å². The van der Waals surface area contributed by atoms with Gasteiger partial charge in [0.25, 0.3) is 6.43 Å². The minimum absolute atomic E-state index is 0.0186. The van der Waals surface area contributed by atoms with E-state index in [1.807, 2.05) is 6.07 Å². The smallest absolute Gasteiger partial charge is 0.240 e. The van der Waals surface area contributed by atoms with Crippen LogP contribution in [0.5, 0.6) is 0 Å². The highest BCUT2D eigenvalue weighted by molar-refractivity contribution is 6.17. The molecule has 0 unspecified atom stereocenters. The third-order valence-electron chi connectivity index (χ3n) is 1.96. The van der Waals surface area contributed by atoms with E-state index in [0.717, 1.165) is 6.07 Å². The van der Waals surface area contributed by atoms with E-state index in [9.17, 15) is 8.78 Å². The maximum atomic E-state index is 12.6. The summed E-state index contributed by atoms with van der Waals surface area (Å²) in [5.74, 6) is -0.0186. The van der Waals surface area contributed by atoms with Crippen LogP contribution in [0.25, 0.3) is 0 Å². The van der Waals surface area contributed by atoms with E-state index in [-0.39, 0.29) is 18.0 Å². The molecule has 0 aliphatic carbocycles. The summed E-state index contributed by atoms with van der Waals surface area (Å²) >= 11 is 5.56. The van der Waals surface area contributed by atoms with Gasteiger partial charge < -0.3 is 0 Å². The zero-order valence-electron chi connectivity index (χ0n) is 8.04. The lowest BCUT2D eigenvalue weighted by Gasteiger charge is -2.08. The average Bonchev–Trinajstić information content (AvgIpc) is 2.28. The van der Waals surface area contributed by atoms with Gasteiger partial charge in [0.1, 0.15) is 11.8 Å². The van der Waals surface area contributed by atoms with Crippen molar-refractivity contribution in [2.45, 2.75) is 18.7 Å². The van der Waals surface area contributed by atoms with Gasteiger partial charge in [-0.1, -0.05) is 0 Å². The van der Waals surface area contributed by atoms with Gasteiger partial charge in [-0.2, -0.15) is 10.5 Å². The predicted octanol–water partition coefficient (Wildman–Crippen LogP) is 2.70. The van der Waals surface area contributed by atoms with Crippen LogP contribution in [-0.4, -0.2) is 4.98 Å². The van der Waals surface area contributed by atoms with Crippen molar-refractivity contribution >= 4 is 11.6 Å². The molecule has 1 rings (SSSR count). The summed E-state index contributed by atoms with van der Waals surface area (Å²) < 4.78 is 25.1. The van der Waals surface area contributed by atoms with Gasteiger partial charge in [0.15, 0.2) is 0 Å². The summed E-state index contributed by atoms with van der Waals surface area (Å²) in [7, 11) is 0. The van der Waals surface area contributed by atoms with Crippen molar-refractivity contribution in [1.29, 1.82) is 10.5 Å².